The summed E-state index contributed by atoms with van der Waals surface area (Å²) < 4.78 is 10.2. The summed E-state index contributed by atoms with van der Waals surface area (Å²) in [7, 11) is 0. The lowest BCUT2D eigenvalue weighted by atomic mass is 10.1. The van der Waals surface area contributed by atoms with Crippen molar-refractivity contribution in [2.75, 3.05) is 13.2 Å². The lowest BCUT2D eigenvalue weighted by Crippen LogP contribution is -2.10. The molecule has 1 N–H and O–H groups in total. The van der Waals surface area contributed by atoms with Gasteiger partial charge in [0.2, 0.25) is 0 Å². The third-order valence-electron chi connectivity index (χ3n) is 2.40. The second-order valence-corrected chi connectivity index (χ2v) is 3.94. The summed E-state index contributed by atoms with van der Waals surface area (Å²) in [5.74, 6) is 0.375. The zero-order valence-corrected chi connectivity index (χ0v) is 10.9. The summed E-state index contributed by atoms with van der Waals surface area (Å²) in [4.78, 5) is 11.3. The number of aliphatic hydroxyl groups is 1. The highest BCUT2D eigenvalue weighted by atomic mass is 16.5. The molecule has 1 unspecified atom stereocenters. The van der Waals surface area contributed by atoms with E-state index in [1.54, 1.807) is 24.3 Å². The first kappa shape index (κ1) is 14.5. The van der Waals surface area contributed by atoms with Crippen LogP contribution in [0.25, 0.3) is 0 Å². The van der Waals surface area contributed by atoms with Gasteiger partial charge < -0.3 is 14.6 Å². The van der Waals surface area contributed by atoms with Gasteiger partial charge in [0.25, 0.3) is 0 Å². The van der Waals surface area contributed by atoms with Gasteiger partial charge in [0, 0.05) is 0 Å². The van der Waals surface area contributed by atoms with E-state index in [2.05, 4.69) is 0 Å². The summed E-state index contributed by atoms with van der Waals surface area (Å²) in [5.41, 5.74) is 0.687. The number of rotatable bonds is 7. The van der Waals surface area contributed by atoms with Crippen molar-refractivity contribution >= 4 is 5.97 Å². The lowest BCUT2D eigenvalue weighted by Gasteiger charge is -2.11. The Labute approximate surface area is 108 Å². The number of aliphatic hydroxyl groups excluding tert-OH is 1. The fourth-order valence-electron chi connectivity index (χ4n) is 1.50. The van der Waals surface area contributed by atoms with Gasteiger partial charge in [-0.05, 0) is 31.0 Å². The molecule has 0 aromatic heterocycles. The predicted molar refractivity (Wildman–Crippen MR) is 68.4 cm³/mol. The molecular formula is C14H20O4. The number of esters is 1. The largest absolute Gasteiger partial charge is 0.494 e. The maximum absolute atomic E-state index is 11.3. The van der Waals surface area contributed by atoms with E-state index in [0.29, 0.717) is 18.8 Å². The van der Waals surface area contributed by atoms with Gasteiger partial charge in [0.05, 0.1) is 25.7 Å². The SMILES string of the molecule is CCCOC(=O)CC(O)c1ccc(OCC)cc1. The van der Waals surface area contributed by atoms with E-state index < -0.39 is 6.10 Å². The van der Waals surface area contributed by atoms with Gasteiger partial charge in [-0.25, -0.2) is 0 Å². The molecule has 0 fully saturated rings. The molecule has 4 heteroatoms. The molecule has 100 valence electrons. The fourth-order valence-corrected chi connectivity index (χ4v) is 1.50. The second-order valence-electron chi connectivity index (χ2n) is 3.94. The quantitative estimate of drug-likeness (QED) is 0.757. The second kappa shape index (κ2) is 7.71. The summed E-state index contributed by atoms with van der Waals surface area (Å²) in [6, 6.07) is 7.06. The number of hydrogen-bond donors (Lipinski definition) is 1. The van der Waals surface area contributed by atoms with Crippen molar-refractivity contribution in [2.24, 2.45) is 0 Å². The minimum absolute atomic E-state index is 0.0199. The first-order chi connectivity index (χ1) is 8.67. The Kier molecular flexibility index (Phi) is 6.22. The van der Waals surface area contributed by atoms with Crippen LogP contribution in [0.2, 0.25) is 0 Å². The van der Waals surface area contributed by atoms with Crippen LogP contribution in [0, 0.1) is 0 Å². The molecule has 0 aliphatic rings. The number of ether oxygens (including phenoxy) is 2. The topological polar surface area (TPSA) is 55.8 Å². The van der Waals surface area contributed by atoms with Crippen LogP contribution in [0.1, 0.15) is 38.4 Å². The molecule has 0 bridgehead atoms. The molecule has 0 amide bonds. The monoisotopic (exact) mass is 252 g/mol. The molecule has 0 saturated carbocycles. The van der Waals surface area contributed by atoms with E-state index >= 15 is 0 Å². The van der Waals surface area contributed by atoms with E-state index in [1.165, 1.54) is 0 Å². The van der Waals surface area contributed by atoms with Crippen molar-refractivity contribution in [3.05, 3.63) is 29.8 Å². The zero-order valence-electron chi connectivity index (χ0n) is 10.9. The Morgan fingerprint density at radius 2 is 1.94 bits per heavy atom. The molecule has 0 spiro atoms. The van der Waals surface area contributed by atoms with Gasteiger partial charge >= 0.3 is 5.97 Å². The van der Waals surface area contributed by atoms with E-state index in [0.717, 1.165) is 12.2 Å². The van der Waals surface area contributed by atoms with Crippen molar-refractivity contribution < 1.29 is 19.4 Å². The van der Waals surface area contributed by atoms with E-state index in [-0.39, 0.29) is 12.4 Å². The predicted octanol–water partition coefficient (Wildman–Crippen LogP) is 2.46. The first-order valence-electron chi connectivity index (χ1n) is 6.23. The fraction of sp³-hybridized carbons (Fsp3) is 0.500. The van der Waals surface area contributed by atoms with Gasteiger partial charge in [-0.15, -0.1) is 0 Å². The highest BCUT2D eigenvalue weighted by Crippen LogP contribution is 2.20. The van der Waals surface area contributed by atoms with Crippen molar-refractivity contribution in [3.63, 3.8) is 0 Å². The minimum atomic E-state index is -0.829. The van der Waals surface area contributed by atoms with Gasteiger partial charge in [-0.2, -0.15) is 0 Å². The van der Waals surface area contributed by atoms with Crippen molar-refractivity contribution in [1.82, 2.24) is 0 Å². The zero-order chi connectivity index (χ0) is 13.4. The van der Waals surface area contributed by atoms with E-state index in [4.69, 9.17) is 9.47 Å². The molecule has 0 radical (unpaired) electrons. The third kappa shape index (κ3) is 4.75. The standard InChI is InChI=1S/C14H20O4/c1-3-9-18-14(16)10-13(15)11-5-7-12(8-6-11)17-4-2/h5-8,13,15H,3-4,9-10H2,1-2H3. The number of hydrogen-bond acceptors (Lipinski definition) is 4. The molecule has 1 aromatic carbocycles. The summed E-state index contributed by atoms with van der Waals surface area (Å²) in [5, 5.41) is 9.87. The Balaban J connectivity index is 2.50. The van der Waals surface area contributed by atoms with Crippen LogP contribution < -0.4 is 4.74 Å². The summed E-state index contributed by atoms with van der Waals surface area (Å²) in [6.07, 6.45) is -0.0659. The normalized spacial score (nSPS) is 11.9. The van der Waals surface area contributed by atoms with Gasteiger partial charge in [-0.1, -0.05) is 19.1 Å². The average molecular weight is 252 g/mol. The highest BCUT2D eigenvalue weighted by Gasteiger charge is 2.13. The number of carbonyl (C=O) groups excluding carboxylic acids is 1. The Hall–Kier alpha value is -1.55. The van der Waals surface area contributed by atoms with Crippen LogP contribution in [-0.4, -0.2) is 24.3 Å². The summed E-state index contributed by atoms with van der Waals surface area (Å²) >= 11 is 0. The molecule has 18 heavy (non-hydrogen) atoms. The maximum Gasteiger partial charge on any atom is 0.308 e. The number of carbonyl (C=O) groups is 1. The third-order valence-corrected chi connectivity index (χ3v) is 2.40. The van der Waals surface area contributed by atoms with Gasteiger partial charge in [0.15, 0.2) is 0 Å². The molecule has 0 aliphatic heterocycles. The first-order valence-corrected chi connectivity index (χ1v) is 6.23. The van der Waals surface area contributed by atoms with Crippen molar-refractivity contribution in [1.29, 1.82) is 0 Å². The van der Waals surface area contributed by atoms with Crippen LogP contribution in [0.5, 0.6) is 5.75 Å². The van der Waals surface area contributed by atoms with E-state index in [1.807, 2.05) is 13.8 Å². The van der Waals surface area contributed by atoms with Crippen LogP contribution >= 0.6 is 0 Å². The number of benzene rings is 1. The highest BCUT2D eigenvalue weighted by molar-refractivity contribution is 5.70. The Morgan fingerprint density at radius 3 is 2.50 bits per heavy atom. The average Bonchev–Trinajstić information content (AvgIpc) is 2.37. The van der Waals surface area contributed by atoms with Gasteiger partial charge in [-0.3, -0.25) is 4.79 Å². The van der Waals surface area contributed by atoms with Crippen LogP contribution in [0.3, 0.4) is 0 Å². The molecule has 0 saturated heterocycles. The van der Waals surface area contributed by atoms with Crippen molar-refractivity contribution in [3.8, 4) is 5.75 Å². The molecule has 4 nitrogen and oxygen atoms in total. The van der Waals surface area contributed by atoms with Crippen LogP contribution in [-0.2, 0) is 9.53 Å². The molecular weight excluding hydrogens is 232 g/mol. The van der Waals surface area contributed by atoms with Gasteiger partial charge in [0.1, 0.15) is 5.75 Å². The molecule has 0 aliphatic carbocycles. The maximum atomic E-state index is 11.3. The Bertz CT molecular complexity index is 359. The van der Waals surface area contributed by atoms with E-state index in [9.17, 15) is 9.90 Å². The summed E-state index contributed by atoms with van der Waals surface area (Å²) in [6.45, 7) is 4.84. The Morgan fingerprint density at radius 1 is 1.28 bits per heavy atom. The van der Waals surface area contributed by atoms with Crippen LogP contribution in [0.4, 0.5) is 0 Å². The van der Waals surface area contributed by atoms with Crippen LogP contribution in [0.15, 0.2) is 24.3 Å². The molecule has 1 rings (SSSR count). The molecule has 1 aromatic rings. The smallest absolute Gasteiger partial charge is 0.308 e. The lowest BCUT2D eigenvalue weighted by molar-refractivity contribution is -0.146. The van der Waals surface area contributed by atoms with Crippen molar-refractivity contribution in [2.45, 2.75) is 32.8 Å². The molecule has 0 heterocycles. The molecule has 1 atom stereocenters. The minimum Gasteiger partial charge on any atom is -0.494 e.